The van der Waals surface area contributed by atoms with E-state index in [0.29, 0.717) is 17.7 Å². The summed E-state index contributed by atoms with van der Waals surface area (Å²) in [6, 6.07) is 15.5. The molecule has 1 amide bonds. The van der Waals surface area contributed by atoms with E-state index in [4.69, 9.17) is 4.84 Å². The fourth-order valence-electron chi connectivity index (χ4n) is 2.47. The lowest BCUT2D eigenvalue weighted by Crippen LogP contribution is -2.29. The van der Waals surface area contributed by atoms with Gasteiger partial charge in [0.15, 0.2) is 6.23 Å². The third-order valence-corrected chi connectivity index (χ3v) is 4.73. The molecule has 1 N–H and O–H groups in total. The minimum atomic E-state index is -1.01. The van der Waals surface area contributed by atoms with E-state index in [0.717, 1.165) is 16.6 Å². The Hall–Kier alpha value is -1.82. The molecule has 0 aliphatic carbocycles. The van der Waals surface area contributed by atoms with Gasteiger partial charge in [0.25, 0.3) is 5.91 Å². The van der Waals surface area contributed by atoms with Gasteiger partial charge in [-0.1, -0.05) is 48.0 Å². The normalized spacial score (nSPS) is 16.7. The summed E-state index contributed by atoms with van der Waals surface area (Å²) in [5.41, 5.74) is 3.63. The van der Waals surface area contributed by atoms with Crippen molar-refractivity contribution in [1.29, 1.82) is 0 Å². The predicted molar refractivity (Wildman–Crippen MR) is 90.9 cm³/mol. The lowest BCUT2D eigenvalue weighted by atomic mass is 10.1. The van der Waals surface area contributed by atoms with Gasteiger partial charge in [-0.15, -0.1) is 0 Å². The van der Waals surface area contributed by atoms with Gasteiger partial charge >= 0.3 is 0 Å². The number of rotatable bonds is 6. The molecule has 5 heteroatoms. The molecule has 0 aromatic heterocycles. The van der Waals surface area contributed by atoms with Crippen LogP contribution in [-0.2, 0) is 10.6 Å². The highest BCUT2D eigenvalue weighted by atomic mass is 32.2. The molecular formula is C18H19NO3S. The van der Waals surface area contributed by atoms with Gasteiger partial charge in [0.2, 0.25) is 0 Å². The van der Waals surface area contributed by atoms with Crippen LogP contribution in [-0.4, -0.2) is 28.4 Å². The molecule has 0 radical (unpaired) electrons. The van der Waals surface area contributed by atoms with Gasteiger partial charge in [0.05, 0.1) is 6.61 Å². The second-order valence-electron chi connectivity index (χ2n) is 5.46. The predicted octanol–water partition coefficient (Wildman–Crippen LogP) is 3.31. The molecule has 2 aromatic rings. The van der Waals surface area contributed by atoms with Gasteiger partial charge < -0.3 is 5.11 Å². The number of carbonyl (C=O) groups excluding carboxylic acids is 1. The van der Waals surface area contributed by atoms with E-state index < -0.39 is 6.23 Å². The van der Waals surface area contributed by atoms with Gasteiger partial charge in [0.1, 0.15) is 0 Å². The second kappa shape index (κ2) is 7.17. The first kappa shape index (κ1) is 16.1. The number of nitrogens with zero attached hydrogens (tertiary/aromatic N) is 1. The van der Waals surface area contributed by atoms with Crippen molar-refractivity contribution < 1.29 is 14.7 Å². The molecule has 1 aliphatic heterocycles. The van der Waals surface area contributed by atoms with Crippen LogP contribution >= 0.6 is 11.8 Å². The van der Waals surface area contributed by atoms with Crippen LogP contribution in [0.3, 0.4) is 0 Å². The number of aliphatic hydroxyl groups excluding tert-OH is 1. The van der Waals surface area contributed by atoms with E-state index in [1.807, 2.05) is 0 Å². The number of aryl methyl sites for hydroxylation is 1. The molecule has 0 saturated carbocycles. The molecule has 0 bridgehead atoms. The Bertz CT molecular complexity index is 687. The maximum Gasteiger partial charge on any atom is 0.280 e. The van der Waals surface area contributed by atoms with Gasteiger partial charge in [-0.05, 0) is 18.6 Å². The highest BCUT2D eigenvalue weighted by Gasteiger charge is 2.36. The van der Waals surface area contributed by atoms with E-state index in [9.17, 15) is 9.90 Å². The number of hydrogen-bond acceptors (Lipinski definition) is 4. The fourth-order valence-corrected chi connectivity index (χ4v) is 3.24. The third kappa shape index (κ3) is 3.58. The lowest BCUT2D eigenvalue weighted by molar-refractivity contribution is -0.194. The van der Waals surface area contributed by atoms with E-state index in [2.05, 4.69) is 31.2 Å². The second-order valence-corrected chi connectivity index (χ2v) is 6.57. The van der Waals surface area contributed by atoms with Crippen LogP contribution in [0.25, 0.3) is 0 Å². The molecule has 3 rings (SSSR count). The first-order valence-electron chi connectivity index (χ1n) is 7.53. The van der Waals surface area contributed by atoms with Crippen LogP contribution in [0.1, 0.15) is 33.3 Å². The molecule has 4 nitrogen and oxygen atoms in total. The molecule has 1 atom stereocenters. The van der Waals surface area contributed by atoms with Crippen molar-refractivity contribution in [2.24, 2.45) is 0 Å². The molecule has 1 heterocycles. The number of carbonyl (C=O) groups is 1. The Balaban J connectivity index is 1.45. The van der Waals surface area contributed by atoms with Crippen molar-refractivity contribution in [2.75, 3.05) is 12.4 Å². The van der Waals surface area contributed by atoms with Crippen LogP contribution < -0.4 is 0 Å². The van der Waals surface area contributed by atoms with Crippen LogP contribution in [0.15, 0.2) is 48.5 Å². The summed E-state index contributed by atoms with van der Waals surface area (Å²) in [4.78, 5) is 17.6. The summed E-state index contributed by atoms with van der Waals surface area (Å²) < 4.78 is 0. The summed E-state index contributed by atoms with van der Waals surface area (Å²) >= 11 is 1.74. The van der Waals surface area contributed by atoms with Gasteiger partial charge in [-0.2, -0.15) is 16.8 Å². The topological polar surface area (TPSA) is 49.8 Å². The average molecular weight is 329 g/mol. The van der Waals surface area contributed by atoms with Crippen molar-refractivity contribution in [3.63, 3.8) is 0 Å². The third-order valence-electron chi connectivity index (χ3n) is 3.74. The zero-order valence-electron chi connectivity index (χ0n) is 12.9. The zero-order valence-corrected chi connectivity index (χ0v) is 13.8. The van der Waals surface area contributed by atoms with E-state index >= 15 is 0 Å². The summed E-state index contributed by atoms with van der Waals surface area (Å²) in [6.45, 7) is 2.45. The number of amides is 1. The zero-order chi connectivity index (χ0) is 16.2. The van der Waals surface area contributed by atoms with Crippen molar-refractivity contribution in [1.82, 2.24) is 5.06 Å². The summed E-state index contributed by atoms with van der Waals surface area (Å²) in [5, 5.41) is 11.2. The number of benzene rings is 2. The van der Waals surface area contributed by atoms with E-state index in [1.165, 1.54) is 11.1 Å². The standard InChI is InChI=1S/C18H19NO3S/c1-13-6-8-14(9-7-13)12-23-11-10-22-19-17(20)15-4-2-3-5-16(15)18(19)21/h2-9,17,20H,10-12H2,1H3. The molecule has 120 valence electrons. The first-order chi connectivity index (χ1) is 11.2. The minimum Gasteiger partial charge on any atom is -0.367 e. The monoisotopic (exact) mass is 329 g/mol. The quantitative estimate of drug-likeness (QED) is 0.826. The Morgan fingerprint density at radius 1 is 1.17 bits per heavy atom. The summed E-state index contributed by atoms with van der Waals surface area (Å²) in [6.07, 6.45) is -1.01. The number of aliphatic hydroxyl groups is 1. The van der Waals surface area contributed by atoms with Crippen LogP contribution in [0.4, 0.5) is 0 Å². The largest absolute Gasteiger partial charge is 0.367 e. The Labute approximate surface area is 140 Å². The molecule has 1 unspecified atom stereocenters. The number of hydroxylamine groups is 2. The van der Waals surface area contributed by atoms with Crippen LogP contribution in [0.5, 0.6) is 0 Å². The van der Waals surface area contributed by atoms with Crippen molar-refractivity contribution in [3.8, 4) is 0 Å². The Morgan fingerprint density at radius 3 is 2.65 bits per heavy atom. The molecule has 23 heavy (non-hydrogen) atoms. The van der Waals surface area contributed by atoms with Gasteiger partial charge in [-0.3, -0.25) is 9.63 Å². The van der Waals surface area contributed by atoms with Gasteiger partial charge in [-0.25, -0.2) is 0 Å². The highest BCUT2D eigenvalue weighted by Crippen LogP contribution is 2.31. The van der Waals surface area contributed by atoms with Crippen LogP contribution in [0, 0.1) is 6.92 Å². The maximum absolute atomic E-state index is 12.2. The maximum atomic E-state index is 12.2. The summed E-state index contributed by atoms with van der Waals surface area (Å²) in [7, 11) is 0. The van der Waals surface area contributed by atoms with E-state index in [1.54, 1.807) is 36.0 Å². The first-order valence-corrected chi connectivity index (χ1v) is 8.69. The smallest absolute Gasteiger partial charge is 0.280 e. The Kier molecular flexibility index (Phi) is 5.00. The Morgan fingerprint density at radius 2 is 1.91 bits per heavy atom. The lowest BCUT2D eigenvalue weighted by Gasteiger charge is -2.19. The van der Waals surface area contributed by atoms with E-state index in [-0.39, 0.29) is 5.91 Å². The molecule has 0 spiro atoms. The molecule has 2 aromatic carbocycles. The molecule has 0 fully saturated rings. The SMILES string of the molecule is Cc1ccc(CSCCON2C(=O)c3ccccc3C2O)cc1. The minimum absolute atomic E-state index is 0.281. The highest BCUT2D eigenvalue weighted by molar-refractivity contribution is 7.98. The van der Waals surface area contributed by atoms with Gasteiger partial charge in [0, 0.05) is 22.6 Å². The average Bonchev–Trinajstić information content (AvgIpc) is 2.81. The number of fused-ring (bicyclic) bond motifs is 1. The number of thioether (sulfide) groups is 1. The molecular weight excluding hydrogens is 310 g/mol. The van der Waals surface area contributed by atoms with Crippen molar-refractivity contribution in [3.05, 3.63) is 70.8 Å². The fraction of sp³-hybridized carbons (Fsp3) is 0.278. The molecule has 0 saturated heterocycles. The summed E-state index contributed by atoms with van der Waals surface area (Å²) in [5.74, 6) is 1.37. The number of hydrogen-bond donors (Lipinski definition) is 1. The van der Waals surface area contributed by atoms with Crippen molar-refractivity contribution in [2.45, 2.75) is 18.9 Å². The van der Waals surface area contributed by atoms with Crippen LogP contribution in [0.2, 0.25) is 0 Å². The molecule has 1 aliphatic rings. The van der Waals surface area contributed by atoms with Crippen molar-refractivity contribution >= 4 is 17.7 Å².